The van der Waals surface area contributed by atoms with Crippen molar-refractivity contribution in [2.45, 2.75) is 0 Å². The average molecular weight is 298 g/mol. The second-order valence-electron chi connectivity index (χ2n) is 4.26. The summed E-state index contributed by atoms with van der Waals surface area (Å²) in [7, 11) is 0. The summed E-state index contributed by atoms with van der Waals surface area (Å²) in [4.78, 5) is 12.4. The number of benzene rings is 2. The Morgan fingerprint density at radius 3 is 1.59 bits per heavy atom. The van der Waals surface area contributed by atoms with E-state index in [1.807, 2.05) is 0 Å². The lowest BCUT2D eigenvalue weighted by molar-refractivity contribution is 0.103. The van der Waals surface area contributed by atoms with Crippen LogP contribution < -0.4 is 9.47 Å². The summed E-state index contributed by atoms with van der Waals surface area (Å²) in [6.45, 7) is 6.81. The lowest BCUT2D eigenvalue weighted by atomic mass is 10.0. The van der Waals surface area contributed by atoms with Crippen molar-refractivity contribution in [1.82, 2.24) is 0 Å². The molecule has 2 aromatic carbocycles. The Morgan fingerprint density at radius 2 is 1.27 bits per heavy atom. The van der Waals surface area contributed by atoms with Crippen LogP contribution in [0, 0.1) is 0 Å². The van der Waals surface area contributed by atoms with Crippen LogP contribution in [-0.4, -0.2) is 16.0 Å². The molecule has 0 fully saturated rings. The number of carbonyl (C=O) groups excluding carboxylic acids is 1. The van der Waals surface area contributed by atoms with Gasteiger partial charge in [-0.1, -0.05) is 13.2 Å². The van der Waals surface area contributed by atoms with Crippen LogP contribution in [0.15, 0.2) is 62.1 Å². The molecule has 5 heteroatoms. The standard InChI is InChI=1S/C17H14O5/c1-3-21-11-5-7-13(15(18)9-11)17(20)14-8-6-12(22-4-2)10-16(14)19/h3-10,18-19H,1-2H2. The van der Waals surface area contributed by atoms with E-state index < -0.39 is 5.78 Å². The minimum absolute atomic E-state index is 0.0455. The highest BCUT2D eigenvalue weighted by Crippen LogP contribution is 2.30. The molecule has 0 saturated carbocycles. The summed E-state index contributed by atoms with van der Waals surface area (Å²) in [6.07, 6.45) is 2.42. The molecule has 2 aromatic rings. The summed E-state index contributed by atoms with van der Waals surface area (Å²) >= 11 is 0. The van der Waals surface area contributed by atoms with E-state index in [2.05, 4.69) is 13.2 Å². The van der Waals surface area contributed by atoms with Gasteiger partial charge in [0.25, 0.3) is 0 Å². The molecule has 0 spiro atoms. The van der Waals surface area contributed by atoms with Crippen LogP contribution in [0.3, 0.4) is 0 Å². The molecule has 0 radical (unpaired) electrons. The topological polar surface area (TPSA) is 76.0 Å². The predicted octanol–water partition coefficient (Wildman–Crippen LogP) is 3.37. The van der Waals surface area contributed by atoms with E-state index in [4.69, 9.17) is 9.47 Å². The van der Waals surface area contributed by atoms with Crippen molar-refractivity contribution >= 4 is 5.78 Å². The molecule has 0 aliphatic rings. The van der Waals surface area contributed by atoms with Crippen molar-refractivity contribution in [2.75, 3.05) is 0 Å². The van der Waals surface area contributed by atoms with E-state index in [0.29, 0.717) is 11.5 Å². The summed E-state index contributed by atoms with van der Waals surface area (Å²) in [5.74, 6) is -0.332. The number of ketones is 1. The summed E-state index contributed by atoms with van der Waals surface area (Å²) < 4.78 is 10.0. The van der Waals surface area contributed by atoms with Gasteiger partial charge in [-0.3, -0.25) is 4.79 Å². The monoisotopic (exact) mass is 298 g/mol. The maximum Gasteiger partial charge on any atom is 0.200 e. The molecule has 2 N–H and O–H groups in total. The molecule has 0 aliphatic carbocycles. The summed E-state index contributed by atoms with van der Waals surface area (Å²) in [6, 6.07) is 8.43. The van der Waals surface area contributed by atoms with E-state index in [9.17, 15) is 15.0 Å². The maximum atomic E-state index is 12.4. The molecule has 0 heterocycles. The molecule has 0 amide bonds. The fraction of sp³-hybridized carbons (Fsp3) is 0. The van der Waals surface area contributed by atoms with Gasteiger partial charge in [-0.25, -0.2) is 0 Å². The minimum atomic E-state index is -0.523. The highest BCUT2D eigenvalue weighted by Gasteiger charge is 2.18. The van der Waals surface area contributed by atoms with Gasteiger partial charge in [0.15, 0.2) is 5.78 Å². The van der Waals surface area contributed by atoms with Gasteiger partial charge in [0.05, 0.1) is 23.7 Å². The number of aromatic hydroxyl groups is 2. The maximum absolute atomic E-state index is 12.4. The molecule has 5 nitrogen and oxygen atoms in total. The molecule has 0 aliphatic heterocycles. The number of ether oxygens (including phenoxy) is 2. The first-order chi connectivity index (χ1) is 10.6. The third-order valence-corrected chi connectivity index (χ3v) is 2.87. The van der Waals surface area contributed by atoms with Crippen LogP contribution in [0.1, 0.15) is 15.9 Å². The summed E-state index contributed by atoms with van der Waals surface area (Å²) in [5, 5.41) is 19.8. The number of phenols is 2. The van der Waals surface area contributed by atoms with Crippen LogP contribution in [0.2, 0.25) is 0 Å². The van der Waals surface area contributed by atoms with Crippen LogP contribution in [-0.2, 0) is 0 Å². The number of carbonyl (C=O) groups is 1. The fourth-order valence-electron chi connectivity index (χ4n) is 1.89. The quantitative estimate of drug-likeness (QED) is 0.631. The highest BCUT2D eigenvalue weighted by molar-refractivity contribution is 6.12. The Labute approximate surface area is 127 Å². The zero-order valence-corrected chi connectivity index (χ0v) is 11.7. The second-order valence-corrected chi connectivity index (χ2v) is 4.26. The van der Waals surface area contributed by atoms with Gasteiger partial charge in [-0.2, -0.15) is 0 Å². The molecule has 0 atom stereocenters. The van der Waals surface area contributed by atoms with Crippen molar-refractivity contribution in [3.8, 4) is 23.0 Å². The van der Waals surface area contributed by atoms with Crippen molar-refractivity contribution in [3.05, 3.63) is 73.2 Å². The Balaban J connectivity index is 2.35. The number of hydrogen-bond donors (Lipinski definition) is 2. The average Bonchev–Trinajstić information content (AvgIpc) is 2.47. The SMILES string of the molecule is C=COc1ccc(C(=O)c2ccc(OC=C)cc2O)c(O)c1. The van der Waals surface area contributed by atoms with Gasteiger partial charge in [-0.05, 0) is 24.3 Å². The molecule has 2 rings (SSSR count). The molecular weight excluding hydrogens is 284 g/mol. The van der Waals surface area contributed by atoms with Crippen molar-refractivity contribution in [1.29, 1.82) is 0 Å². The van der Waals surface area contributed by atoms with Gasteiger partial charge >= 0.3 is 0 Å². The van der Waals surface area contributed by atoms with E-state index in [0.717, 1.165) is 0 Å². The first-order valence-corrected chi connectivity index (χ1v) is 6.32. The van der Waals surface area contributed by atoms with Gasteiger partial charge in [0.2, 0.25) is 0 Å². The largest absolute Gasteiger partial charge is 0.507 e. The van der Waals surface area contributed by atoms with E-state index in [1.165, 1.54) is 48.9 Å². The fourth-order valence-corrected chi connectivity index (χ4v) is 1.89. The zero-order chi connectivity index (χ0) is 16.1. The third-order valence-electron chi connectivity index (χ3n) is 2.87. The van der Waals surface area contributed by atoms with Crippen LogP contribution in [0.5, 0.6) is 23.0 Å². The van der Waals surface area contributed by atoms with Crippen molar-refractivity contribution < 1.29 is 24.5 Å². The smallest absolute Gasteiger partial charge is 0.200 e. The number of hydrogen-bond acceptors (Lipinski definition) is 5. The first kappa shape index (κ1) is 15.2. The van der Waals surface area contributed by atoms with Crippen LogP contribution in [0.25, 0.3) is 0 Å². The van der Waals surface area contributed by atoms with Crippen molar-refractivity contribution in [3.63, 3.8) is 0 Å². The molecular formula is C17H14O5. The highest BCUT2D eigenvalue weighted by atomic mass is 16.5. The zero-order valence-electron chi connectivity index (χ0n) is 11.7. The van der Waals surface area contributed by atoms with E-state index >= 15 is 0 Å². The van der Waals surface area contributed by atoms with Gasteiger partial charge < -0.3 is 19.7 Å². The molecule has 22 heavy (non-hydrogen) atoms. The second kappa shape index (κ2) is 6.49. The normalized spacial score (nSPS) is 9.82. The first-order valence-electron chi connectivity index (χ1n) is 6.32. The molecule has 0 bridgehead atoms. The van der Waals surface area contributed by atoms with E-state index in [-0.39, 0.29) is 22.6 Å². The van der Waals surface area contributed by atoms with E-state index in [1.54, 1.807) is 0 Å². The van der Waals surface area contributed by atoms with Crippen molar-refractivity contribution in [2.24, 2.45) is 0 Å². The minimum Gasteiger partial charge on any atom is -0.507 e. The van der Waals surface area contributed by atoms with Gasteiger partial charge in [0, 0.05) is 12.1 Å². The number of rotatable bonds is 6. The third kappa shape index (κ3) is 3.09. The molecule has 0 aromatic heterocycles. The predicted molar refractivity (Wildman–Crippen MR) is 81.3 cm³/mol. The number of phenolic OH excluding ortho intramolecular Hbond substituents is 2. The van der Waals surface area contributed by atoms with Gasteiger partial charge in [0.1, 0.15) is 23.0 Å². The lowest BCUT2D eigenvalue weighted by Crippen LogP contribution is -2.02. The van der Waals surface area contributed by atoms with Crippen LogP contribution in [0.4, 0.5) is 0 Å². The Bertz CT molecular complexity index is 672. The molecule has 0 unspecified atom stereocenters. The lowest BCUT2D eigenvalue weighted by Gasteiger charge is -2.08. The Kier molecular flexibility index (Phi) is 4.48. The van der Waals surface area contributed by atoms with Crippen LogP contribution >= 0.6 is 0 Å². The van der Waals surface area contributed by atoms with Gasteiger partial charge in [-0.15, -0.1) is 0 Å². The Morgan fingerprint density at radius 1 is 0.864 bits per heavy atom. The molecule has 0 saturated heterocycles. The molecule has 112 valence electrons. The summed E-state index contributed by atoms with van der Waals surface area (Å²) in [5.41, 5.74) is 0.0909. The Hall–Kier alpha value is -3.21.